The Morgan fingerprint density at radius 3 is 2.52 bits per heavy atom. The minimum Gasteiger partial charge on any atom is -0.497 e. The summed E-state index contributed by atoms with van der Waals surface area (Å²) in [6.07, 6.45) is -5.69. The molecule has 1 atom stereocenters. The zero-order chi connectivity index (χ0) is 19.8. The molecular weight excluding hydrogens is 385 g/mol. The van der Waals surface area contributed by atoms with Crippen molar-refractivity contribution >= 4 is 23.2 Å². The summed E-state index contributed by atoms with van der Waals surface area (Å²) >= 11 is 5.78. The number of carbonyl (C=O) groups excluding carboxylic acids is 1. The molecule has 2 aromatic rings. The predicted octanol–water partition coefficient (Wildman–Crippen LogP) is 3.96. The molecule has 0 bridgehead atoms. The molecule has 0 spiro atoms. The van der Waals surface area contributed by atoms with E-state index in [-0.39, 0.29) is 11.1 Å². The van der Waals surface area contributed by atoms with Gasteiger partial charge in [0, 0.05) is 16.1 Å². The van der Waals surface area contributed by atoms with Crippen molar-refractivity contribution in [1.29, 1.82) is 0 Å². The Balaban J connectivity index is 2.08. The largest absolute Gasteiger partial charge is 0.497 e. The van der Waals surface area contributed by atoms with Crippen molar-refractivity contribution in [2.24, 2.45) is 5.10 Å². The van der Waals surface area contributed by atoms with Gasteiger partial charge in [0.05, 0.1) is 13.5 Å². The van der Waals surface area contributed by atoms with Gasteiger partial charge >= 0.3 is 6.18 Å². The molecule has 27 heavy (non-hydrogen) atoms. The maximum absolute atomic E-state index is 13.2. The van der Waals surface area contributed by atoms with Crippen molar-refractivity contribution in [3.63, 3.8) is 0 Å². The van der Waals surface area contributed by atoms with Crippen LogP contribution in [0.3, 0.4) is 0 Å². The maximum atomic E-state index is 13.2. The second-order valence-electron chi connectivity index (χ2n) is 5.89. The quantitative estimate of drug-likeness (QED) is 0.851. The van der Waals surface area contributed by atoms with Crippen molar-refractivity contribution in [1.82, 2.24) is 5.01 Å². The molecule has 9 heteroatoms. The van der Waals surface area contributed by atoms with Crippen molar-refractivity contribution in [3.05, 3.63) is 64.7 Å². The van der Waals surface area contributed by atoms with Gasteiger partial charge in [-0.3, -0.25) is 4.79 Å². The number of benzene rings is 2. The van der Waals surface area contributed by atoms with Crippen LogP contribution in [0.2, 0.25) is 5.02 Å². The van der Waals surface area contributed by atoms with Crippen LogP contribution in [0.5, 0.6) is 5.75 Å². The van der Waals surface area contributed by atoms with Gasteiger partial charge in [-0.2, -0.15) is 23.3 Å². The molecule has 1 heterocycles. The van der Waals surface area contributed by atoms with Crippen LogP contribution in [-0.2, 0) is 5.72 Å². The van der Waals surface area contributed by atoms with Gasteiger partial charge in [-0.15, -0.1) is 0 Å². The Hall–Kier alpha value is -2.58. The molecule has 0 radical (unpaired) electrons. The fraction of sp³-hybridized carbons (Fsp3) is 0.222. The maximum Gasteiger partial charge on any atom is 0.431 e. The Labute approximate surface area is 157 Å². The lowest BCUT2D eigenvalue weighted by molar-refractivity contribution is -0.0816. The number of hydrogen-bond acceptors (Lipinski definition) is 4. The van der Waals surface area contributed by atoms with Gasteiger partial charge in [-0.1, -0.05) is 23.7 Å². The highest BCUT2D eigenvalue weighted by atomic mass is 35.5. The average molecular weight is 399 g/mol. The summed E-state index contributed by atoms with van der Waals surface area (Å²) in [5.41, 5.74) is -3.48. The zero-order valence-corrected chi connectivity index (χ0v) is 14.8. The van der Waals surface area contributed by atoms with E-state index >= 15 is 0 Å². The van der Waals surface area contributed by atoms with E-state index in [1.165, 1.54) is 49.6 Å². The van der Waals surface area contributed by atoms with Crippen LogP contribution in [0.25, 0.3) is 0 Å². The van der Waals surface area contributed by atoms with Gasteiger partial charge < -0.3 is 9.84 Å². The Kier molecular flexibility index (Phi) is 4.88. The highest BCUT2D eigenvalue weighted by Gasteiger charge is 2.53. The molecular formula is C18H14ClF3N2O3. The molecule has 2 aromatic carbocycles. The van der Waals surface area contributed by atoms with Crippen LogP contribution in [0, 0.1) is 0 Å². The lowest BCUT2D eigenvalue weighted by atomic mass is 9.96. The first-order chi connectivity index (χ1) is 12.6. The molecule has 1 aliphatic rings. The molecule has 1 unspecified atom stereocenters. The molecule has 0 saturated carbocycles. The van der Waals surface area contributed by atoms with Crippen LogP contribution in [0.4, 0.5) is 13.2 Å². The highest BCUT2D eigenvalue weighted by Crippen LogP contribution is 2.41. The number of amides is 1. The molecule has 1 aliphatic heterocycles. The summed E-state index contributed by atoms with van der Waals surface area (Å²) < 4.78 is 44.8. The molecule has 0 aliphatic carbocycles. The second kappa shape index (κ2) is 6.86. The molecule has 1 amide bonds. The molecule has 5 nitrogen and oxygen atoms in total. The number of methoxy groups -OCH3 is 1. The number of hydrogen-bond donors (Lipinski definition) is 1. The SMILES string of the molecule is COc1cccc(C2(O)CC(C(F)(F)F)=NN2C(=O)c2ccc(Cl)cc2)c1. The average Bonchev–Trinajstić information content (AvgIpc) is 3.01. The van der Waals surface area contributed by atoms with Crippen molar-refractivity contribution < 1.29 is 27.8 Å². The fourth-order valence-corrected chi connectivity index (χ4v) is 2.85. The number of hydrazone groups is 1. The van der Waals surface area contributed by atoms with Crippen molar-refractivity contribution in [2.45, 2.75) is 18.3 Å². The summed E-state index contributed by atoms with van der Waals surface area (Å²) in [5.74, 6) is -0.573. The summed E-state index contributed by atoms with van der Waals surface area (Å²) in [7, 11) is 1.38. The number of aliphatic hydroxyl groups is 1. The Morgan fingerprint density at radius 2 is 1.93 bits per heavy atom. The van der Waals surface area contributed by atoms with Crippen molar-refractivity contribution in [3.8, 4) is 5.75 Å². The molecule has 1 N–H and O–H groups in total. The van der Waals surface area contributed by atoms with Crippen LogP contribution >= 0.6 is 11.6 Å². The van der Waals surface area contributed by atoms with Crippen molar-refractivity contribution in [2.75, 3.05) is 7.11 Å². The standard InChI is InChI=1S/C18H14ClF3N2O3/c1-27-14-4-2-3-12(9-14)17(26)10-15(18(20,21)22)23-24(17)16(25)11-5-7-13(19)8-6-11/h2-9,26H,10H2,1H3. The molecule has 3 rings (SSSR count). The first-order valence-electron chi connectivity index (χ1n) is 7.77. The van der Waals surface area contributed by atoms with E-state index in [1.807, 2.05) is 0 Å². The number of carbonyl (C=O) groups is 1. The summed E-state index contributed by atoms with van der Waals surface area (Å²) in [5, 5.41) is 15.3. The Bertz CT molecular complexity index is 899. The van der Waals surface area contributed by atoms with Gasteiger partial charge in [0.15, 0.2) is 5.72 Å². The lowest BCUT2D eigenvalue weighted by Crippen LogP contribution is -2.43. The minimum atomic E-state index is -4.79. The number of halogens is 4. The minimum absolute atomic E-state index is 0.0351. The summed E-state index contributed by atoms with van der Waals surface area (Å²) in [6, 6.07) is 11.4. The molecule has 0 aromatic heterocycles. The van der Waals surface area contributed by atoms with Gasteiger partial charge in [0.25, 0.3) is 5.91 Å². The van der Waals surface area contributed by atoms with Gasteiger partial charge in [-0.05, 0) is 36.4 Å². The number of alkyl halides is 3. The van der Waals surface area contributed by atoms with Gasteiger partial charge in [0.1, 0.15) is 11.5 Å². The van der Waals surface area contributed by atoms with Gasteiger partial charge in [0.2, 0.25) is 0 Å². The Morgan fingerprint density at radius 1 is 1.26 bits per heavy atom. The van der Waals surface area contributed by atoms with E-state index in [0.717, 1.165) is 0 Å². The molecule has 142 valence electrons. The van der Waals surface area contributed by atoms with Gasteiger partial charge in [-0.25, -0.2) is 0 Å². The monoisotopic (exact) mass is 398 g/mol. The molecule has 0 fully saturated rings. The van der Waals surface area contributed by atoms with E-state index < -0.39 is 29.9 Å². The summed E-state index contributed by atoms with van der Waals surface area (Å²) in [4.78, 5) is 12.8. The lowest BCUT2D eigenvalue weighted by Gasteiger charge is -2.31. The number of ether oxygens (including phenoxy) is 1. The smallest absolute Gasteiger partial charge is 0.431 e. The topological polar surface area (TPSA) is 62.1 Å². The van der Waals surface area contributed by atoms with E-state index in [9.17, 15) is 23.1 Å². The first kappa shape index (κ1) is 19.2. The fourth-order valence-electron chi connectivity index (χ4n) is 2.73. The normalized spacial score (nSPS) is 19.8. The third-order valence-corrected chi connectivity index (χ3v) is 4.38. The van der Waals surface area contributed by atoms with Crippen LogP contribution in [0.1, 0.15) is 22.3 Å². The summed E-state index contributed by atoms with van der Waals surface area (Å²) in [6.45, 7) is 0. The van der Waals surface area contributed by atoms with E-state index in [2.05, 4.69) is 5.10 Å². The third-order valence-electron chi connectivity index (χ3n) is 4.13. The van der Waals surface area contributed by atoms with E-state index in [0.29, 0.717) is 15.8 Å². The first-order valence-corrected chi connectivity index (χ1v) is 8.14. The number of rotatable bonds is 3. The van der Waals surface area contributed by atoms with Crippen LogP contribution < -0.4 is 4.74 Å². The number of nitrogens with zero attached hydrogens (tertiary/aromatic N) is 2. The molecule has 0 saturated heterocycles. The van der Waals surface area contributed by atoms with E-state index in [4.69, 9.17) is 16.3 Å². The van der Waals surface area contributed by atoms with Crippen LogP contribution in [0.15, 0.2) is 53.6 Å². The predicted molar refractivity (Wildman–Crippen MR) is 92.6 cm³/mol. The van der Waals surface area contributed by atoms with E-state index in [1.54, 1.807) is 6.07 Å². The highest BCUT2D eigenvalue weighted by molar-refractivity contribution is 6.30. The third kappa shape index (κ3) is 3.63. The second-order valence-corrected chi connectivity index (χ2v) is 6.33. The van der Waals surface area contributed by atoms with Crippen LogP contribution in [-0.4, -0.2) is 35.0 Å². The zero-order valence-electron chi connectivity index (χ0n) is 14.0.